The van der Waals surface area contributed by atoms with E-state index in [1.807, 2.05) is 37.4 Å². The number of aromatic nitrogens is 3. The Hall–Kier alpha value is -3.29. The fourth-order valence-corrected chi connectivity index (χ4v) is 5.73. The lowest BCUT2D eigenvalue weighted by atomic mass is 9.94. The van der Waals surface area contributed by atoms with Crippen LogP contribution in [0.25, 0.3) is 28.4 Å². The number of hydrogen-bond donors (Lipinski definition) is 1. The highest BCUT2D eigenvalue weighted by Crippen LogP contribution is 2.46. The van der Waals surface area contributed by atoms with Crippen LogP contribution in [0.2, 0.25) is 10.0 Å². The molecule has 4 aromatic rings. The summed E-state index contributed by atoms with van der Waals surface area (Å²) < 4.78 is 7.56. The number of allylic oxidation sites excluding steroid dienone is 1. The number of fused-ring (bicyclic) bond motifs is 1. The molecule has 0 amide bonds. The van der Waals surface area contributed by atoms with Crippen LogP contribution in [0, 0.1) is 5.92 Å². The number of nitrogens with zero attached hydrogens (tertiary/aromatic N) is 4. The Kier molecular flexibility index (Phi) is 6.21. The van der Waals surface area contributed by atoms with Gasteiger partial charge >= 0.3 is 5.97 Å². The summed E-state index contributed by atoms with van der Waals surface area (Å²) in [4.78, 5) is 18.6. The first-order chi connectivity index (χ1) is 17.9. The van der Waals surface area contributed by atoms with Gasteiger partial charge in [-0.3, -0.25) is 0 Å². The number of aromatic carboxylic acids is 1. The number of rotatable bonds is 6. The summed E-state index contributed by atoms with van der Waals surface area (Å²) in [5.41, 5.74) is 3.35. The van der Waals surface area contributed by atoms with Crippen molar-refractivity contribution in [2.24, 2.45) is 13.0 Å². The standard InChI is InChI=1S/C28H26Cl2N4O3/c1-33-15-20(28(35)36)18-9-10-23(31-27(18)33)34-13-11-16(12-14-34)5-8-19-25(32-37-26(19)17-6-7-17)24-21(29)3-2-4-22(24)30/h2-5,8-10,15-17H,6-7,11-14H2,1H3,(H,35,36). The minimum absolute atomic E-state index is 0.275. The first-order valence-corrected chi connectivity index (χ1v) is 13.2. The van der Waals surface area contributed by atoms with Gasteiger partial charge in [0.1, 0.15) is 22.9 Å². The summed E-state index contributed by atoms with van der Waals surface area (Å²) in [6.45, 7) is 1.73. The van der Waals surface area contributed by atoms with Crippen LogP contribution in [0.1, 0.15) is 53.3 Å². The number of piperidine rings is 1. The van der Waals surface area contributed by atoms with Gasteiger partial charge in [-0.2, -0.15) is 0 Å². The van der Waals surface area contributed by atoms with Crippen molar-refractivity contribution in [3.05, 3.63) is 69.5 Å². The molecule has 4 heterocycles. The number of carbonyl (C=O) groups is 1. The van der Waals surface area contributed by atoms with E-state index >= 15 is 0 Å². The van der Waals surface area contributed by atoms with Crippen LogP contribution >= 0.6 is 23.2 Å². The highest BCUT2D eigenvalue weighted by Gasteiger charge is 2.33. The molecule has 7 nitrogen and oxygen atoms in total. The highest BCUT2D eigenvalue weighted by molar-refractivity contribution is 6.39. The zero-order valence-electron chi connectivity index (χ0n) is 20.3. The third-order valence-corrected chi connectivity index (χ3v) is 7.97. The average Bonchev–Trinajstić information content (AvgIpc) is 3.57. The molecule has 190 valence electrons. The van der Waals surface area contributed by atoms with Gasteiger partial charge in [-0.05, 0) is 55.9 Å². The first kappa shape index (κ1) is 24.1. The molecule has 1 saturated carbocycles. The van der Waals surface area contributed by atoms with Gasteiger partial charge in [-0.25, -0.2) is 9.78 Å². The van der Waals surface area contributed by atoms with Crippen molar-refractivity contribution >= 4 is 52.1 Å². The minimum atomic E-state index is -0.939. The van der Waals surface area contributed by atoms with Crippen molar-refractivity contribution in [2.75, 3.05) is 18.0 Å². The fourth-order valence-electron chi connectivity index (χ4n) is 5.16. The summed E-state index contributed by atoms with van der Waals surface area (Å²) in [5.74, 6) is 1.67. The predicted octanol–water partition coefficient (Wildman–Crippen LogP) is 7.04. The SMILES string of the molecule is Cn1cc(C(=O)O)c2ccc(N3CCC(C=Cc4c(-c5c(Cl)cccc5Cl)noc4C4CC4)CC3)nc21. The van der Waals surface area contributed by atoms with E-state index in [9.17, 15) is 9.90 Å². The lowest BCUT2D eigenvalue weighted by Gasteiger charge is -2.31. The van der Waals surface area contributed by atoms with Crippen molar-refractivity contribution < 1.29 is 14.4 Å². The van der Waals surface area contributed by atoms with E-state index in [0.717, 1.165) is 55.9 Å². The Balaban J connectivity index is 1.20. The number of hydrogen-bond acceptors (Lipinski definition) is 5. The molecule has 9 heteroatoms. The molecule has 1 N–H and O–H groups in total. The second-order valence-electron chi connectivity index (χ2n) is 9.86. The molecule has 3 aromatic heterocycles. The van der Waals surface area contributed by atoms with Crippen LogP contribution in [-0.2, 0) is 7.05 Å². The third kappa shape index (κ3) is 4.51. The monoisotopic (exact) mass is 536 g/mol. The van der Waals surface area contributed by atoms with Crippen molar-refractivity contribution in [1.29, 1.82) is 0 Å². The van der Waals surface area contributed by atoms with Crippen molar-refractivity contribution in [3.63, 3.8) is 0 Å². The molecule has 1 saturated heterocycles. The molecule has 37 heavy (non-hydrogen) atoms. The van der Waals surface area contributed by atoms with Crippen LogP contribution in [0.5, 0.6) is 0 Å². The molecule has 1 aliphatic carbocycles. The van der Waals surface area contributed by atoms with Crippen LogP contribution in [0.15, 0.2) is 47.1 Å². The van der Waals surface area contributed by atoms with Crippen molar-refractivity contribution in [3.8, 4) is 11.3 Å². The average molecular weight is 537 g/mol. The minimum Gasteiger partial charge on any atom is -0.478 e. The second-order valence-corrected chi connectivity index (χ2v) is 10.7. The number of pyridine rings is 1. The van der Waals surface area contributed by atoms with E-state index in [1.54, 1.807) is 10.8 Å². The summed E-state index contributed by atoms with van der Waals surface area (Å²) in [5, 5.41) is 15.6. The zero-order valence-corrected chi connectivity index (χ0v) is 21.8. The number of anilines is 1. The second kappa shape index (κ2) is 9.54. The summed E-state index contributed by atoms with van der Waals surface area (Å²) in [6, 6.07) is 9.25. The van der Waals surface area contributed by atoms with Crippen LogP contribution in [-0.4, -0.2) is 38.9 Å². The first-order valence-electron chi connectivity index (χ1n) is 12.5. The Morgan fingerprint density at radius 2 is 1.84 bits per heavy atom. The molecule has 6 rings (SSSR count). The summed E-state index contributed by atoms with van der Waals surface area (Å²) in [7, 11) is 1.83. The number of benzene rings is 1. The van der Waals surface area contributed by atoms with Crippen LogP contribution in [0.3, 0.4) is 0 Å². The molecule has 0 bridgehead atoms. The Labute approximate surface area is 224 Å². The van der Waals surface area contributed by atoms with E-state index in [2.05, 4.69) is 22.2 Å². The van der Waals surface area contributed by atoms with Crippen molar-refractivity contribution in [2.45, 2.75) is 31.6 Å². The van der Waals surface area contributed by atoms with E-state index in [0.29, 0.717) is 44.2 Å². The fraction of sp³-hybridized carbons (Fsp3) is 0.321. The van der Waals surface area contributed by atoms with Crippen LogP contribution < -0.4 is 4.90 Å². The number of carboxylic acids is 1. The van der Waals surface area contributed by atoms with Gasteiger partial charge in [-0.1, -0.05) is 46.6 Å². The maximum atomic E-state index is 11.5. The van der Waals surface area contributed by atoms with E-state index in [-0.39, 0.29) is 5.56 Å². The Morgan fingerprint density at radius 1 is 1.11 bits per heavy atom. The molecule has 2 aliphatic rings. The van der Waals surface area contributed by atoms with E-state index < -0.39 is 5.97 Å². The van der Waals surface area contributed by atoms with Gasteiger partial charge in [-0.15, -0.1) is 0 Å². The Bertz CT molecular complexity index is 1510. The third-order valence-electron chi connectivity index (χ3n) is 7.34. The lowest BCUT2D eigenvalue weighted by Crippen LogP contribution is -2.33. The van der Waals surface area contributed by atoms with Gasteiger partial charge in [0, 0.05) is 48.8 Å². The highest BCUT2D eigenvalue weighted by atomic mass is 35.5. The van der Waals surface area contributed by atoms with Crippen molar-refractivity contribution in [1.82, 2.24) is 14.7 Å². The maximum absolute atomic E-state index is 11.5. The number of halogens is 2. The van der Waals surface area contributed by atoms with Crippen LogP contribution in [0.4, 0.5) is 5.82 Å². The lowest BCUT2D eigenvalue weighted by molar-refractivity contribution is 0.0699. The summed E-state index contributed by atoms with van der Waals surface area (Å²) >= 11 is 13.0. The summed E-state index contributed by atoms with van der Waals surface area (Å²) in [6.07, 6.45) is 10.2. The molecule has 0 unspecified atom stereocenters. The molecule has 1 aromatic carbocycles. The zero-order chi connectivity index (χ0) is 25.7. The molecule has 0 spiro atoms. The normalized spacial score (nSPS) is 16.8. The smallest absolute Gasteiger partial charge is 0.337 e. The Morgan fingerprint density at radius 3 is 2.51 bits per heavy atom. The number of aryl methyl sites for hydroxylation is 1. The van der Waals surface area contributed by atoms with Gasteiger partial charge in [0.2, 0.25) is 0 Å². The molecule has 2 fully saturated rings. The molecular formula is C28H26Cl2N4O3. The van der Waals surface area contributed by atoms with E-state index in [4.69, 9.17) is 32.7 Å². The molecule has 1 aliphatic heterocycles. The van der Waals surface area contributed by atoms with Gasteiger partial charge in [0.05, 0.1) is 15.6 Å². The topological polar surface area (TPSA) is 84.4 Å². The quantitative estimate of drug-likeness (QED) is 0.284. The van der Waals surface area contributed by atoms with E-state index in [1.165, 1.54) is 0 Å². The molecule has 0 atom stereocenters. The van der Waals surface area contributed by atoms with Gasteiger partial charge < -0.3 is 19.1 Å². The predicted molar refractivity (Wildman–Crippen MR) is 146 cm³/mol. The number of carboxylic acid groups (broad SMARTS) is 1. The largest absolute Gasteiger partial charge is 0.478 e. The molecule has 0 radical (unpaired) electrons. The molecular weight excluding hydrogens is 511 g/mol. The van der Waals surface area contributed by atoms with Gasteiger partial charge in [0.15, 0.2) is 0 Å². The van der Waals surface area contributed by atoms with Gasteiger partial charge in [0.25, 0.3) is 0 Å². The maximum Gasteiger partial charge on any atom is 0.337 e.